The van der Waals surface area contributed by atoms with E-state index in [2.05, 4.69) is 10.3 Å². The molecule has 4 atom stereocenters. The standard InChI is InChI=1S/C21H19N3O3/c25-19(23-15-4-2-1-3-5-15)17-16-6-9-21(27-16)13-24(20(26)18(17)21)12-14-7-10-22-11-8-14/h1-11,16-18H,12-13H2,(H,23,25)/t16-,17-,18+,21+/m1/s1. The maximum atomic E-state index is 13.2. The molecule has 0 radical (unpaired) electrons. The Balaban J connectivity index is 1.39. The number of para-hydroxylation sites is 1. The Morgan fingerprint density at radius 1 is 1.22 bits per heavy atom. The Hall–Kier alpha value is -2.99. The lowest BCUT2D eigenvalue weighted by Gasteiger charge is -2.23. The molecule has 2 bridgehead atoms. The minimum absolute atomic E-state index is 0.0214. The van der Waals surface area contributed by atoms with Gasteiger partial charge in [-0.15, -0.1) is 0 Å². The number of amides is 2. The average molecular weight is 361 g/mol. The highest BCUT2D eigenvalue weighted by Gasteiger charge is 2.66. The van der Waals surface area contributed by atoms with Gasteiger partial charge in [0.25, 0.3) is 0 Å². The highest BCUT2D eigenvalue weighted by atomic mass is 16.5. The van der Waals surface area contributed by atoms with Gasteiger partial charge in [-0.2, -0.15) is 0 Å². The number of hydrogen-bond donors (Lipinski definition) is 1. The third-order valence-electron chi connectivity index (χ3n) is 5.65. The average Bonchev–Trinajstić information content (AvgIpc) is 3.32. The van der Waals surface area contributed by atoms with E-state index >= 15 is 0 Å². The van der Waals surface area contributed by atoms with Crippen LogP contribution in [0.25, 0.3) is 0 Å². The molecule has 1 spiro atoms. The Labute approximate surface area is 156 Å². The molecule has 27 heavy (non-hydrogen) atoms. The van der Waals surface area contributed by atoms with Crippen LogP contribution in [0.1, 0.15) is 5.56 Å². The van der Waals surface area contributed by atoms with Crippen LogP contribution in [-0.4, -0.2) is 39.9 Å². The summed E-state index contributed by atoms with van der Waals surface area (Å²) in [5, 5.41) is 2.93. The maximum absolute atomic E-state index is 13.2. The molecule has 136 valence electrons. The Kier molecular flexibility index (Phi) is 3.62. The molecule has 2 saturated heterocycles. The van der Waals surface area contributed by atoms with Crippen molar-refractivity contribution in [1.82, 2.24) is 9.88 Å². The van der Waals surface area contributed by atoms with Gasteiger partial charge in [0.1, 0.15) is 5.60 Å². The first-order valence-electron chi connectivity index (χ1n) is 9.07. The number of aromatic nitrogens is 1. The van der Waals surface area contributed by atoms with Crippen molar-refractivity contribution in [2.75, 3.05) is 11.9 Å². The lowest BCUT2D eigenvalue weighted by atomic mass is 9.77. The second-order valence-electron chi connectivity index (χ2n) is 7.31. The monoisotopic (exact) mass is 361 g/mol. The number of anilines is 1. The van der Waals surface area contributed by atoms with E-state index in [1.165, 1.54) is 0 Å². The quantitative estimate of drug-likeness (QED) is 0.846. The summed E-state index contributed by atoms with van der Waals surface area (Å²) in [5.41, 5.74) is 1.05. The highest BCUT2D eigenvalue weighted by Crippen LogP contribution is 2.52. The van der Waals surface area contributed by atoms with Gasteiger partial charge in [0.15, 0.2) is 0 Å². The van der Waals surface area contributed by atoms with Crippen molar-refractivity contribution in [3.8, 4) is 0 Å². The highest BCUT2D eigenvalue weighted by molar-refractivity contribution is 5.99. The van der Waals surface area contributed by atoms with E-state index in [4.69, 9.17) is 4.74 Å². The summed E-state index contributed by atoms with van der Waals surface area (Å²) < 4.78 is 6.15. The van der Waals surface area contributed by atoms with Gasteiger partial charge in [-0.1, -0.05) is 30.4 Å². The lowest BCUT2D eigenvalue weighted by Crippen LogP contribution is -2.41. The van der Waals surface area contributed by atoms with Gasteiger partial charge in [0, 0.05) is 24.6 Å². The van der Waals surface area contributed by atoms with Crippen molar-refractivity contribution in [2.45, 2.75) is 18.2 Å². The number of likely N-dealkylation sites (tertiary alicyclic amines) is 1. The summed E-state index contributed by atoms with van der Waals surface area (Å²) in [5.74, 6) is -1.17. The van der Waals surface area contributed by atoms with Crippen molar-refractivity contribution in [3.05, 3.63) is 72.6 Å². The molecule has 1 aromatic heterocycles. The van der Waals surface area contributed by atoms with Gasteiger partial charge in [0.2, 0.25) is 11.8 Å². The molecular weight excluding hydrogens is 342 g/mol. The van der Waals surface area contributed by atoms with Crippen LogP contribution in [0.2, 0.25) is 0 Å². The number of nitrogens with zero attached hydrogens (tertiary/aromatic N) is 2. The molecule has 1 N–H and O–H groups in total. The zero-order valence-electron chi connectivity index (χ0n) is 14.6. The summed E-state index contributed by atoms with van der Waals surface area (Å²) >= 11 is 0. The van der Waals surface area contributed by atoms with Crippen LogP contribution in [0, 0.1) is 11.8 Å². The van der Waals surface area contributed by atoms with Crippen LogP contribution in [0.5, 0.6) is 0 Å². The van der Waals surface area contributed by atoms with Crippen LogP contribution >= 0.6 is 0 Å². The topological polar surface area (TPSA) is 71.5 Å². The smallest absolute Gasteiger partial charge is 0.231 e. The Morgan fingerprint density at radius 3 is 2.78 bits per heavy atom. The third kappa shape index (κ3) is 2.56. The van der Waals surface area contributed by atoms with Crippen molar-refractivity contribution < 1.29 is 14.3 Å². The van der Waals surface area contributed by atoms with E-state index in [-0.39, 0.29) is 17.9 Å². The van der Waals surface area contributed by atoms with Gasteiger partial charge in [-0.25, -0.2) is 0 Å². The van der Waals surface area contributed by atoms with E-state index in [1.54, 1.807) is 17.3 Å². The van der Waals surface area contributed by atoms with Crippen molar-refractivity contribution in [2.24, 2.45) is 11.8 Å². The van der Waals surface area contributed by atoms with Gasteiger partial charge < -0.3 is 15.0 Å². The molecule has 0 aliphatic carbocycles. The van der Waals surface area contributed by atoms with Crippen molar-refractivity contribution in [1.29, 1.82) is 0 Å². The number of nitrogens with one attached hydrogen (secondary N) is 1. The molecule has 3 aliphatic heterocycles. The molecule has 3 aliphatic rings. The fraction of sp³-hybridized carbons (Fsp3) is 0.286. The first-order chi connectivity index (χ1) is 13.2. The van der Waals surface area contributed by atoms with E-state index in [1.807, 2.05) is 54.6 Å². The Bertz CT molecular complexity index is 915. The largest absolute Gasteiger partial charge is 0.360 e. The molecular formula is C21H19N3O3. The minimum Gasteiger partial charge on any atom is -0.360 e. The number of carbonyl (C=O) groups excluding carboxylic acids is 2. The zero-order valence-corrected chi connectivity index (χ0v) is 14.6. The van der Waals surface area contributed by atoms with Crippen LogP contribution in [-0.2, 0) is 20.9 Å². The molecule has 5 rings (SSSR count). The van der Waals surface area contributed by atoms with Crippen molar-refractivity contribution >= 4 is 17.5 Å². The maximum Gasteiger partial charge on any atom is 0.231 e. The lowest BCUT2D eigenvalue weighted by molar-refractivity contribution is -0.136. The predicted molar refractivity (Wildman–Crippen MR) is 98.4 cm³/mol. The van der Waals surface area contributed by atoms with Crippen molar-refractivity contribution in [3.63, 3.8) is 0 Å². The van der Waals surface area contributed by atoms with Gasteiger partial charge in [-0.3, -0.25) is 14.6 Å². The molecule has 2 fully saturated rings. The minimum atomic E-state index is -0.687. The third-order valence-corrected chi connectivity index (χ3v) is 5.65. The number of hydrogen-bond acceptors (Lipinski definition) is 4. The second kappa shape index (κ2) is 6.03. The number of fused-ring (bicyclic) bond motifs is 1. The molecule has 4 heterocycles. The molecule has 1 aromatic carbocycles. The van der Waals surface area contributed by atoms with E-state index in [0.717, 1.165) is 11.3 Å². The number of pyridine rings is 1. The van der Waals surface area contributed by atoms with Gasteiger partial charge in [0.05, 0.1) is 24.5 Å². The molecule has 0 unspecified atom stereocenters. The number of carbonyl (C=O) groups is 2. The van der Waals surface area contributed by atoms with Gasteiger partial charge in [-0.05, 0) is 29.8 Å². The van der Waals surface area contributed by atoms with Crippen LogP contribution < -0.4 is 5.32 Å². The number of benzene rings is 1. The fourth-order valence-electron chi connectivity index (χ4n) is 4.47. The summed E-state index contributed by atoms with van der Waals surface area (Å²) in [7, 11) is 0. The number of ether oxygens (including phenoxy) is 1. The molecule has 2 amide bonds. The number of rotatable bonds is 4. The first-order valence-corrected chi connectivity index (χ1v) is 9.07. The van der Waals surface area contributed by atoms with Crippen LogP contribution in [0.4, 0.5) is 5.69 Å². The van der Waals surface area contributed by atoms with Crippen LogP contribution in [0.3, 0.4) is 0 Å². The normalized spacial score (nSPS) is 30.6. The van der Waals surface area contributed by atoms with Crippen LogP contribution in [0.15, 0.2) is 67.0 Å². The summed E-state index contributed by atoms with van der Waals surface area (Å²) in [6, 6.07) is 13.1. The molecule has 0 saturated carbocycles. The SMILES string of the molecule is O=C(Nc1ccccc1)[C@H]1[C@H]2C(=O)N(Cc3ccncc3)C[C@@]23C=C[C@H]1O3. The molecule has 2 aromatic rings. The first kappa shape index (κ1) is 16.2. The summed E-state index contributed by atoms with van der Waals surface area (Å²) in [4.78, 5) is 31.9. The second-order valence-corrected chi connectivity index (χ2v) is 7.31. The van der Waals surface area contributed by atoms with E-state index < -0.39 is 17.4 Å². The zero-order chi connectivity index (χ0) is 18.4. The summed E-state index contributed by atoms with van der Waals surface area (Å²) in [6.07, 6.45) is 6.99. The predicted octanol–water partition coefficient (Wildman–Crippen LogP) is 2.00. The summed E-state index contributed by atoms with van der Waals surface area (Å²) in [6.45, 7) is 0.968. The molecule has 6 heteroatoms. The van der Waals surface area contributed by atoms with E-state index in [0.29, 0.717) is 13.1 Å². The fourth-order valence-corrected chi connectivity index (χ4v) is 4.47. The van der Waals surface area contributed by atoms with E-state index in [9.17, 15) is 9.59 Å². The molecule has 6 nitrogen and oxygen atoms in total. The van der Waals surface area contributed by atoms with Gasteiger partial charge >= 0.3 is 0 Å². The Morgan fingerprint density at radius 2 is 2.00 bits per heavy atom.